The highest BCUT2D eigenvalue weighted by Gasteiger charge is 2.14. The molecule has 1 amide bonds. The molecule has 0 unspecified atom stereocenters. The molecule has 136 valence electrons. The summed E-state index contributed by atoms with van der Waals surface area (Å²) in [6.07, 6.45) is 1.77. The van der Waals surface area contributed by atoms with Gasteiger partial charge < -0.3 is 9.84 Å². The number of amides is 1. The fourth-order valence-electron chi connectivity index (χ4n) is 2.71. The Morgan fingerprint density at radius 1 is 1.22 bits per heavy atom. The first-order valence-corrected chi connectivity index (χ1v) is 8.20. The van der Waals surface area contributed by atoms with Crippen molar-refractivity contribution in [3.8, 4) is 11.5 Å². The highest BCUT2D eigenvalue weighted by atomic mass is 19.1. The summed E-state index contributed by atoms with van der Waals surface area (Å²) in [5, 5.41) is 14.7. The van der Waals surface area contributed by atoms with Gasteiger partial charge in [-0.1, -0.05) is 5.16 Å². The summed E-state index contributed by atoms with van der Waals surface area (Å²) >= 11 is 0. The number of nitrogens with zero attached hydrogens (tertiary/aromatic N) is 5. The van der Waals surface area contributed by atoms with Crippen LogP contribution in [-0.4, -0.2) is 30.6 Å². The van der Waals surface area contributed by atoms with E-state index < -0.39 is 0 Å². The number of aromatic nitrogens is 5. The Kier molecular flexibility index (Phi) is 4.11. The normalized spacial score (nSPS) is 11.1. The minimum atomic E-state index is -0.346. The molecule has 0 saturated heterocycles. The number of benzene rings is 1. The molecule has 0 aliphatic carbocycles. The molecule has 0 spiro atoms. The zero-order chi connectivity index (χ0) is 19.0. The minimum absolute atomic E-state index is 0.0248. The topological polar surface area (TPSA) is 98.2 Å². The third-order valence-electron chi connectivity index (χ3n) is 4.04. The van der Waals surface area contributed by atoms with Gasteiger partial charge in [-0.3, -0.25) is 9.20 Å². The van der Waals surface area contributed by atoms with Crippen molar-refractivity contribution < 1.29 is 13.7 Å². The number of carbonyl (C=O) groups excluding carboxylic acids is 1. The van der Waals surface area contributed by atoms with Gasteiger partial charge in [0.15, 0.2) is 11.5 Å². The summed E-state index contributed by atoms with van der Waals surface area (Å²) in [4.78, 5) is 16.5. The van der Waals surface area contributed by atoms with Crippen molar-refractivity contribution in [1.29, 1.82) is 0 Å². The van der Waals surface area contributed by atoms with Gasteiger partial charge in [-0.25, -0.2) is 4.39 Å². The van der Waals surface area contributed by atoms with Gasteiger partial charge in [-0.05, 0) is 49.7 Å². The number of aryl methyl sites for hydroxylation is 2. The first kappa shape index (κ1) is 16.8. The third kappa shape index (κ3) is 3.39. The molecule has 0 bridgehead atoms. The average molecular weight is 366 g/mol. The predicted octanol–water partition coefficient (Wildman–Crippen LogP) is 2.72. The quantitative estimate of drug-likeness (QED) is 0.596. The molecule has 0 radical (unpaired) electrons. The smallest absolute Gasteiger partial charge is 0.258 e. The van der Waals surface area contributed by atoms with Crippen LogP contribution in [0.25, 0.3) is 17.1 Å². The van der Waals surface area contributed by atoms with Crippen LogP contribution < -0.4 is 5.32 Å². The SMILES string of the molecule is Cc1noc(-c2ccn3c(CC(=O)Nc4ccc(F)cc4C)nnc3c2)n1. The number of hydrogen-bond donors (Lipinski definition) is 1. The molecule has 4 rings (SSSR count). The number of anilines is 1. The second-order valence-corrected chi connectivity index (χ2v) is 6.09. The van der Waals surface area contributed by atoms with Gasteiger partial charge in [-0.2, -0.15) is 4.98 Å². The Balaban J connectivity index is 1.54. The van der Waals surface area contributed by atoms with Crippen LogP contribution >= 0.6 is 0 Å². The molecule has 1 aromatic carbocycles. The standard InChI is InChI=1S/C18H15FN6O2/c1-10-7-13(19)3-4-14(10)21-17(26)9-16-23-22-15-8-12(5-6-25(15)16)18-20-11(2)24-27-18/h3-8H,9H2,1-2H3,(H,21,26). The van der Waals surface area contributed by atoms with Crippen molar-refractivity contribution in [2.75, 3.05) is 5.32 Å². The van der Waals surface area contributed by atoms with Gasteiger partial charge >= 0.3 is 0 Å². The lowest BCUT2D eigenvalue weighted by Gasteiger charge is -2.08. The molecule has 0 atom stereocenters. The Bertz CT molecular complexity index is 1150. The van der Waals surface area contributed by atoms with Crippen LogP contribution in [-0.2, 0) is 11.2 Å². The summed E-state index contributed by atoms with van der Waals surface area (Å²) in [7, 11) is 0. The fraction of sp³-hybridized carbons (Fsp3) is 0.167. The van der Waals surface area contributed by atoms with Crippen molar-refractivity contribution in [3.63, 3.8) is 0 Å². The molecular formula is C18H15FN6O2. The van der Waals surface area contributed by atoms with Crippen LogP contribution in [0.2, 0.25) is 0 Å². The first-order chi connectivity index (χ1) is 13.0. The zero-order valence-corrected chi connectivity index (χ0v) is 14.6. The van der Waals surface area contributed by atoms with Crippen LogP contribution in [0.3, 0.4) is 0 Å². The number of pyridine rings is 1. The van der Waals surface area contributed by atoms with Crippen molar-refractivity contribution >= 4 is 17.2 Å². The highest BCUT2D eigenvalue weighted by molar-refractivity contribution is 5.92. The van der Waals surface area contributed by atoms with Crippen molar-refractivity contribution in [2.24, 2.45) is 0 Å². The Morgan fingerprint density at radius 2 is 2.07 bits per heavy atom. The largest absolute Gasteiger partial charge is 0.334 e. The van der Waals surface area contributed by atoms with Gasteiger partial charge in [0.2, 0.25) is 5.91 Å². The third-order valence-corrected chi connectivity index (χ3v) is 4.04. The van der Waals surface area contributed by atoms with E-state index in [1.54, 1.807) is 36.6 Å². The van der Waals surface area contributed by atoms with Gasteiger partial charge in [0.25, 0.3) is 5.89 Å². The number of nitrogens with one attached hydrogen (secondary N) is 1. The molecule has 27 heavy (non-hydrogen) atoms. The number of carbonyl (C=O) groups is 1. The molecule has 0 aliphatic heterocycles. The lowest BCUT2D eigenvalue weighted by atomic mass is 10.2. The summed E-state index contributed by atoms with van der Waals surface area (Å²) in [5.74, 6) is 0.802. The number of rotatable bonds is 4. The van der Waals surface area contributed by atoms with E-state index in [2.05, 4.69) is 25.7 Å². The molecule has 1 N–H and O–H groups in total. The Morgan fingerprint density at radius 3 is 2.81 bits per heavy atom. The summed E-state index contributed by atoms with van der Waals surface area (Å²) < 4.78 is 20.0. The summed E-state index contributed by atoms with van der Waals surface area (Å²) in [6.45, 7) is 3.47. The minimum Gasteiger partial charge on any atom is -0.334 e. The van der Waals surface area contributed by atoms with Gasteiger partial charge in [0, 0.05) is 17.4 Å². The van der Waals surface area contributed by atoms with E-state index in [9.17, 15) is 9.18 Å². The second-order valence-electron chi connectivity index (χ2n) is 6.09. The van der Waals surface area contributed by atoms with Gasteiger partial charge in [0.05, 0.1) is 6.42 Å². The van der Waals surface area contributed by atoms with E-state index in [1.807, 2.05) is 0 Å². The molecule has 0 fully saturated rings. The Hall–Kier alpha value is -3.62. The summed E-state index contributed by atoms with van der Waals surface area (Å²) in [5.41, 5.74) is 2.48. The van der Waals surface area contributed by atoms with Gasteiger partial charge in [0.1, 0.15) is 11.6 Å². The van der Waals surface area contributed by atoms with E-state index in [1.165, 1.54) is 18.2 Å². The van der Waals surface area contributed by atoms with Crippen molar-refractivity contribution in [1.82, 2.24) is 24.7 Å². The number of hydrogen-bond acceptors (Lipinski definition) is 6. The molecule has 9 heteroatoms. The van der Waals surface area contributed by atoms with Crippen molar-refractivity contribution in [3.05, 3.63) is 59.6 Å². The van der Waals surface area contributed by atoms with Crippen LogP contribution in [0.4, 0.5) is 10.1 Å². The van der Waals surface area contributed by atoms with Crippen LogP contribution in [0.15, 0.2) is 41.1 Å². The molecular weight excluding hydrogens is 351 g/mol. The van der Waals surface area contributed by atoms with Crippen LogP contribution in [0.1, 0.15) is 17.2 Å². The van der Waals surface area contributed by atoms with E-state index in [4.69, 9.17) is 4.52 Å². The number of halogens is 1. The lowest BCUT2D eigenvalue weighted by Crippen LogP contribution is -2.16. The number of fused-ring (bicyclic) bond motifs is 1. The van der Waals surface area contributed by atoms with Crippen LogP contribution in [0.5, 0.6) is 0 Å². The molecule has 3 heterocycles. The maximum atomic E-state index is 13.2. The van der Waals surface area contributed by atoms with E-state index >= 15 is 0 Å². The first-order valence-electron chi connectivity index (χ1n) is 8.20. The van der Waals surface area contributed by atoms with Crippen molar-refractivity contribution in [2.45, 2.75) is 20.3 Å². The highest BCUT2D eigenvalue weighted by Crippen LogP contribution is 2.19. The molecule has 0 saturated carbocycles. The van der Waals surface area contributed by atoms with Gasteiger partial charge in [-0.15, -0.1) is 10.2 Å². The second kappa shape index (κ2) is 6.60. The maximum Gasteiger partial charge on any atom is 0.258 e. The lowest BCUT2D eigenvalue weighted by molar-refractivity contribution is -0.115. The fourth-order valence-corrected chi connectivity index (χ4v) is 2.71. The molecule has 4 aromatic rings. The monoisotopic (exact) mass is 366 g/mol. The molecule has 8 nitrogen and oxygen atoms in total. The van der Waals surface area contributed by atoms with E-state index in [-0.39, 0.29) is 18.1 Å². The maximum absolute atomic E-state index is 13.2. The zero-order valence-electron chi connectivity index (χ0n) is 14.6. The van der Waals surface area contributed by atoms with E-state index in [0.717, 1.165) is 0 Å². The van der Waals surface area contributed by atoms with Crippen LogP contribution in [0, 0.1) is 19.7 Å². The Labute approximate surface area is 153 Å². The molecule has 3 aromatic heterocycles. The average Bonchev–Trinajstić information content (AvgIpc) is 3.23. The summed E-state index contributed by atoms with van der Waals surface area (Å²) in [6, 6.07) is 7.74. The predicted molar refractivity (Wildman–Crippen MR) is 94.5 cm³/mol. The molecule has 0 aliphatic rings. The van der Waals surface area contributed by atoms with E-state index in [0.29, 0.717) is 40.0 Å².